The summed E-state index contributed by atoms with van der Waals surface area (Å²) < 4.78 is 11.0. The lowest BCUT2D eigenvalue weighted by Gasteiger charge is -2.18. The van der Waals surface area contributed by atoms with Crippen LogP contribution in [0.2, 0.25) is 0 Å². The number of carbonyl (C=O) groups is 1. The fraction of sp³-hybridized carbons (Fsp3) is 0.462. The fourth-order valence-electron chi connectivity index (χ4n) is 1.62. The summed E-state index contributed by atoms with van der Waals surface area (Å²) in [4.78, 5) is 11.5. The number of benzene rings is 1. The van der Waals surface area contributed by atoms with Crippen LogP contribution in [0.4, 0.5) is 0 Å². The monoisotopic (exact) mass is 252 g/mol. The van der Waals surface area contributed by atoms with E-state index in [4.69, 9.17) is 9.47 Å². The maximum Gasteiger partial charge on any atom is 0.260 e. The SMILES string of the molecule is CNCc1cccc(OC)c1OC(C)C(=O)NC. The Balaban J connectivity index is 3.00. The van der Waals surface area contributed by atoms with Gasteiger partial charge >= 0.3 is 0 Å². The third-order valence-electron chi connectivity index (χ3n) is 2.56. The molecule has 0 aliphatic rings. The summed E-state index contributed by atoms with van der Waals surface area (Å²) in [5.74, 6) is 1.06. The minimum Gasteiger partial charge on any atom is -0.493 e. The third kappa shape index (κ3) is 3.37. The molecular weight excluding hydrogens is 232 g/mol. The Labute approximate surface area is 107 Å². The number of methoxy groups -OCH3 is 1. The number of likely N-dealkylation sites (N-methyl/N-ethyl adjacent to an activating group) is 1. The molecule has 18 heavy (non-hydrogen) atoms. The molecule has 100 valence electrons. The molecule has 0 aliphatic carbocycles. The second kappa shape index (κ2) is 6.86. The highest BCUT2D eigenvalue weighted by atomic mass is 16.5. The highest BCUT2D eigenvalue weighted by Crippen LogP contribution is 2.31. The van der Waals surface area contributed by atoms with Crippen LogP contribution in [-0.2, 0) is 11.3 Å². The molecule has 1 rings (SSSR count). The Morgan fingerprint density at radius 1 is 1.39 bits per heavy atom. The van der Waals surface area contributed by atoms with Gasteiger partial charge in [0.15, 0.2) is 17.6 Å². The number of ether oxygens (including phenoxy) is 2. The predicted octanol–water partition coefficient (Wildman–Crippen LogP) is 0.928. The fourth-order valence-corrected chi connectivity index (χ4v) is 1.62. The smallest absolute Gasteiger partial charge is 0.260 e. The maximum atomic E-state index is 11.5. The largest absolute Gasteiger partial charge is 0.493 e. The standard InChI is InChI=1S/C13H20N2O3/c1-9(13(16)15-3)18-12-10(8-14-2)6-5-7-11(12)17-4/h5-7,9,14H,8H2,1-4H3,(H,15,16). The molecule has 0 fully saturated rings. The first-order valence-corrected chi connectivity index (χ1v) is 5.82. The highest BCUT2D eigenvalue weighted by molar-refractivity contribution is 5.80. The maximum absolute atomic E-state index is 11.5. The van der Waals surface area contributed by atoms with E-state index in [2.05, 4.69) is 10.6 Å². The average Bonchev–Trinajstić information content (AvgIpc) is 2.39. The third-order valence-corrected chi connectivity index (χ3v) is 2.56. The van der Waals surface area contributed by atoms with Gasteiger partial charge < -0.3 is 20.1 Å². The lowest BCUT2D eigenvalue weighted by Crippen LogP contribution is -2.34. The van der Waals surface area contributed by atoms with E-state index >= 15 is 0 Å². The van der Waals surface area contributed by atoms with E-state index in [0.29, 0.717) is 18.0 Å². The Morgan fingerprint density at radius 3 is 2.67 bits per heavy atom. The molecule has 5 nitrogen and oxygen atoms in total. The number of rotatable bonds is 6. The molecular formula is C13H20N2O3. The molecule has 0 saturated carbocycles. The van der Waals surface area contributed by atoms with Gasteiger partial charge in [0.1, 0.15) is 0 Å². The van der Waals surface area contributed by atoms with Crippen LogP contribution >= 0.6 is 0 Å². The quantitative estimate of drug-likeness (QED) is 0.790. The Hall–Kier alpha value is -1.75. The van der Waals surface area contributed by atoms with Crippen LogP contribution in [0.1, 0.15) is 12.5 Å². The van der Waals surface area contributed by atoms with Crippen molar-refractivity contribution in [3.63, 3.8) is 0 Å². The van der Waals surface area contributed by atoms with Crippen molar-refractivity contribution in [2.45, 2.75) is 19.6 Å². The van der Waals surface area contributed by atoms with Crippen LogP contribution in [0, 0.1) is 0 Å². The first kappa shape index (κ1) is 14.3. The van der Waals surface area contributed by atoms with Crippen LogP contribution in [0.3, 0.4) is 0 Å². The van der Waals surface area contributed by atoms with Crippen molar-refractivity contribution in [1.29, 1.82) is 0 Å². The minimum atomic E-state index is -0.568. The molecule has 0 bridgehead atoms. The number of nitrogens with one attached hydrogen (secondary N) is 2. The molecule has 5 heteroatoms. The summed E-state index contributed by atoms with van der Waals surface area (Å²) in [7, 11) is 5.01. The summed E-state index contributed by atoms with van der Waals surface area (Å²) in [6, 6.07) is 5.64. The van der Waals surface area contributed by atoms with Gasteiger partial charge in [0, 0.05) is 19.2 Å². The van der Waals surface area contributed by atoms with Crippen molar-refractivity contribution in [3.05, 3.63) is 23.8 Å². The molecule has 1 atom stereocenters. The van der Waals surface area contributed by atoms with Crippen LogP contribution in [0.15, 0.2) is 18.2 Å². The van der Waals surface area contributed by atoms with E-state index in [1.807, 2.05) is 25.2 Å². The summed E-state index contributed by atoms with van der Waals surface area (Å²) >= 11 is 0. The molecule has 2 N–H and O–H groups in total. The molecule has 0 aliphatic heterocycles. The molecule has 0 saturated heterocycles. The molecule has 1 aromatic rings. The molecule has 0 aromatic heterocycles. The van der Waals surface area contributed by atoms with Crippen molar-refractivity contribution < 1.29 is 14.3 Å². The first-order valence-electron chi connectivity index (χ1n) is 5.82. The number of hydrogen-bond donors (Lipinski definition) is 2. The zero-order chi connectivity index (χ0) is 13.5. The van der Waals surface area contributed by atoms with Gasteiger partial charge in [-0.15, -0.1) is 0 Å². The number of amides is 1. The molecule has 1 aromatic carbocycles. The van der Waals surface area contributed by atoms with Gasteiger partial charge in [-0.05, 0) is 20.0 Å². The van der Waals surface area contributed by atoms with Gasteiger partial charge in [0.05, 0.1) is 7.11 Å². The molecule has 0 radical (unpaired) electrons. The van der Waals surface area contributed by atoms with Crippen LogP contribution in [0.5, 0.6) is 11.5 Å². The average molecular weight is 252 g/mol. The van der Waals surface area contributed by atoms with Crippen molar-refractivity contribution in [2.24, 2.45) is 0 Å². The van der Waals surface area contributed by atoms with Crippen LogP contribution in [-0.4, -0.2) is 33.2 Å². The van der Waals surface area contributed by atoms with Crippen LogP contribution in [0.25, 0.3) is 0 Å². The number of hydrogen-bond acceptors (Lipinski definition) is 4. The zero-order valence-electron chi connectivity index (χ0n) is 11.2. The zero-order valence-corrected chi connectivity index (χ0v) is 11.2. The summed E-state index contributed by atoms with van der Waals surface area (Å²) in [5, 5.41) is 5.61. The van der Waals surface area contributed by atoms with Gasteiger partial charge in [-0.1, -0.05) is 12.1 Å². The normalized spacial score (nSPS) is 11.8. The summed E-state index contributed by atoms with van der Waals surface area (Å²) in [6.07, 6.45) is -0.568. The van der Waals surface area contributed by atoms with E-state index in [0.717, 1.165) is 5.56 Å². The molecule has 0 heterocycles. The van der Waals surface area contributed by atoms with Crippen molar-refractivity contribution in [1.82, 2.24) is 10.6 Å². The van der Waals surface area contributed by atoms with E-state index in [1.54, 1.807) is 21.1 Å². The van der Waals surface area contributed by atoms with E-state index in [-0.39, 0.29) is 5.91 Å². The van der Waals surface area contributed by atoms with Gasteiger partial charge in [-0.3, -0.25) is 4.79 Å². The Bertz CT molecular complexity index is 407. The van der Waals surface area contributed by atoms with Crippen LogP contribution < -0.4 is 20.1 Å². The van der Waals surface area contributed by atoms with Gasteiger partial charge in [0.2, 0.25) is 0 Å². The predicted molar refractivity (Wildman–Crippen MR) is 69.9 cm³/mol. The Morgan fingerprint density at radius 2 is 2.11 bits per heavy atom. The minimum absolute atomic E-state index is 0.170. The highest BCUT2D eigenvalue weighted by Gasteiger charge is 2.17. The summed E-state index contributed by atoms with van der Waals surface area (Å²) in [6.45, 7) is 2.35. The topological polar surface area (TPSA) is 59.6 Å². The van der Waals surface area contributed by atoms with Gasteiger partial charge in [-0.2, -0.15) is 0 Å². The van der Waals surface area contributed by atoms with Crippen molar-refractivity contribution >= 4 is 5.91 Å². The second-order valence-corrected chi connectivity index (χ2v) is 3.85. The molecule has 0 spiro atoms. The van der Waals surface area contributed by atoms with Crippen molar-refractivity contribution in [3.8, 4) is 11.5 Å². The van der Waals surface area contributed by atoms with Gasteiger partial charge in [-0.25, -0.2) is 0 Å². The lowest BCUT2D eigenvalue weighted by molar-refractivity contribution is -0.126. The second-order valence-electron chi connectivity index (χ2n) is 3.85. The number of carbonyl (C=O) groups excluding carboxylic acids is 1. The van der Waals surface area contributed by atoms with Crippen molar-refractivity contribution in [2.75, 3.05) is 21.2 Å². The summed E-state index contributed by atoms with van der Waals surface area (Å²) in [5.41, 5.74) is 0.951. The van der Waals surface area contributed by atoms with E-state index in [9.17, 15) is 4.79 Å². The van der Waals surface area contributed by atoms with E-state index < -0.39 is 6.10 Å². The van der Waals surface area contributed by atoms with Gasteiger partial charge in [0.25, 0.3) is 5.91 Å². The Kier molecular flexibility index (Phi) is 5.45. The molecule has 1 amide bonds. The number of para-hydroxylation sites is 1. The van der Waals surface area contributed by atoms with E-state index in [1.165, 1.54) is 0 Å². The molecule has 1 unspecified atom stereocenters. The first-order chi connectivity index (χ1) is 8.63. The lowest BCUT2D eigenvalue weighted by atomic mass is 10.2.